The fourth-order valence-corrected chi connectivity index (χ4v) is 10.5. The highest BCUT2D eigenvalue weighted by Gasteiger charge is 2.45. The van der Waals surface area contributed by atoms with Crippen LogP contribution in [0.1, 0.15) is 41.5 Å². The van der Waals surface area contributed by atoms with Gasteiger partial charge in [0.05, 0.1) is 30.2 Å². The summed E-state index contributed by atoms with van der Waals surface area (Å²) in [5.74, 6) is 0.190. The summed E-state index contributed by atoms with van der Waals surface area (Å²) >= 11 is 2.78. The van der Waals surface area contributed by atoms with Gasteiger partial charge in [0.2, 0.25) is 11.8 Å². The van der Waals surface area contributed by atoms with E-state index in [1.165, 1.54) is 35.1 Å². The third kappa shape index (κ3) is 9.27. The lowest BCUT2D eigenvalue weighted by Gasteiger charge is -2.08. The summed E-state index contributed by atoms with van der Waals surface area (Å²) in [6.07, 6.45) is 11.3. The molecule has 62 heavy (non-hydrogen) atoms. The van der Waals surface area contributed by atoms with E-state index >= 15 is 0 Å². The number of hydrogen-bond donors (Lipinski definition) is 4. The molecule has 4 unspecified atom stereocenters. The van der Waals surface area contributed by atoms with Crippen LogP contribution < -0.4 is 20.1 Å². The maximum Gasteiger partial charge on any atom is 0.263 e. The van der Waals surface area contributed by atoms with Gasteiger partial charge in [-0.15, -0.1) is 0 Å². The number of aromatic nitrogens is 6. The molecule has 0 radical (unpaired) electrons. The lowest BCUT2D eigenvalue weighted by Crippen LogP contribution is -2.14. The van der Waals surface area contributed by atoms with Crippen molar-refractivity contribution in [3.8, 4) is 0 Å². The zero-order valence-electron chi connectivity index (χ0n) is 32.2. The summed E-state index contributed by atoms with van der Waals surface area (Å²) < 4.78 is 56.8. The lowest BCUT2D eigenvalue weighted by molar-refractivity contribution is -0.118. The number of hydrogen-bond acceptors (Lipinski definition) is 14. The molecule has 2 aromatic carbocycles. The van der Waals surface area contributed by atoms with Crippen molar-refractivity contribution in [3.05, 3.63) is 145 Å². The van der Waals surface area contributed by atoms with Gasteiger partial charge in [0.1, 0.15) is 11.6 Å². The molecule has 0 saturated heterocycles. The number of nitrogens with zero attached hydrogens (tertiary/aromatic N) is 6. The number of pyridine rings is 4. The Morgan fingerprint density at radius 2 is 0.968 bits per heavy atom. The second-order valence-electron chi connectivity index (χ2n) is 14.4. The normalized spacial score (nSPS) is 17.9. The lowest BCUT2D eigenvalue weighted by atomic mass is 10.1. The number of carbonyl (C=O) groups is 2. The molecule has 4 N–H and O–H groups in total. The van der Waals surface area contributed by atoms with Crippen LogP contribution in [0.4, 0.5) is 21.9 Å². The summed E-state index contributed by atoms with van der Waals surface area (Å²) in [5.41, 5.74) is 3.48. The van der Waals surface area contributed by atoms with Gasteiger partial charge in [-0.3, -0.25) is 29.0 Å². The zero-order chi connectivity index (χ0) is 42.8. The third-order valence-corrected chi connectivity index (χ3v) is 14.7. The number of carbonyl (C=O) groups excluding carboxylic acids is 2. The van der Waals surface area contributed by atoms with Crippen LogP contribution in [0.15, 0.2) is 144 Å². The van der Waals surface area contributed by atoms with Crippen molar-refractivity contribution in [3.63, 3.8) is 0 Å². The molecule has 2 aliphatic rings. The van der Waals surface area contributed by atoms with Crippen LogP contribution >= 0.6 is 22.7 Å². The second-order valence-corrected chi connectivity index (χ2v) is 19.8. The minimum absolute atomic E-state index is 0. The first-order valence-electron chi connectivity index (χ1n) is 19.1. The number of thiazole rings is 2. The van der Waals surface area contributed by atoms with Crippen molar-refractivity contribution >= 4 is 96.9 Å². The highest BCUT2D eigenvalue weighted by atomic mass is 32.2. The van der Waals surface area contributed by atoms with Gasteiger partial charge in [0, 0.05) is 54.7 Å². The Bertz CT molecular complexity index is 2880. The molecular weight excluding hydrogens is 869 g/mol. The number of fused-ring (bicyclic) bond motifs is 2. The number of benzene rings is 2. The molecule has 2 saturated carbocycles. The van der Waals surface area contributed by atoms with E-state index in [4.69, 9.17) is 0 Å². The third-order valence-electron chi connectivity index (χ3n) is 10.1. The summed E-state index contributed by atoms with van der Waals surface area (Å²) in [7, 11) is -7.45. The van der Waals surface area contributed by atoms with Gasteiger partial charge in [0.15, 0.2) is 10.3 Å². The monoisotopic (exact) mass is 910 g/mol. The molecule has 8 aromatic rings. The molecule has 4 atom stereocenters. The first-order chi connectivity index (χ1) is 30.0. The van der Waals surface area contributed by atoms with E-state index in [1.807, 2.05) is 0 Å². The molecule has 10 rings (SSSR count). The van der Waals surface area contributed by atoms with E-state index in [0.29, 0.717) is 10.3 Å². The second kappa shape index (κ2) is 17.0. The minimum Gasteiger partial charge on any atom is -0.302 e. The molecule has 20 heteroatoms. The molecule has 2 fully saturated rings. The topological polar surface area (TPSA) is 228 Å². The van der Waals surface area contributed by atoms with Crippen LogP contribution in [0.5, 0.6) is 0 Å². The van der Waals surface area contributed by atoms with Crippen molar-refractivity contribution in [1.82, 2.24) is 29.9 Å². The molecule has 2 aliphatic carbocycles. The number of amides is 2. The Morgan fingerprint density at radius 1 is 0.548 bits per heavy atom. The Hall–Kier alpha value is -6.74. The first-order valence-corrected chi connectivity index (χ1v) is 23.7. The van der Waals surface area contributed by atoms with Crippen molar-refractivity contribution in [1.29, 1.82) is 0 Å². The fraction of sp³-hybridized carbons (Fsp3) is 0.143. The van der Waals surface area contributed by atoms with Gasteiger partial charge in [-0.1, -0.05) is 59.1 Å². The quantitative estimate of drug-likeness (QED) is 0.0909. The van der Waals surface area contributed by atoms with Crippen LogP contribution in [0.3, 0.4) is 0 Å². The summed E-state index contributed by atoms with van der Waals surface area (Å²) in [6, 6.07) is 26.8. The summed E-state index contributed by atoms with van der Waals surface area (Å²) in [5, 5.41) is 6.88. The van der Waals surface area contributed by atoms with E-state index in [9.17, 15) is 26.4 Å². The molecule has 0 spiro atoms. The molecule has 0 bridgehead atoms. The molecule has 16 nitrogen and oxygen atoms in total. The van der Waals surface area contributed by atoms with Crippen LogP contribution in [0.2, 0.25) is 0 Å². The molecule has 320 valence electrons. The van der Waals surface area contributed by atoms with E-state index in [0.717, 1.165) is 44.4 Å². The van der Waals surface area contributed by atoms with E-state index in [-0.39, 0.29) is 62.6 Å². The largest absolute Gasteiger partial charge is 0.302 e. The maximum absolute atomic E-state index is 12.6. The van der Waals surface area contributed by atoms with Gasteiger partial charge in [-0.05, 0) is 96.5 Å². The average molecular weight is 911 g/mol. The van der Waals surface area contributed by atoms with Crippen LogP contribution in [-0.4, -0.2) is 58.6 Å². The number of nitrogens with one attached hydrogen (secondary N) is 4. The number of rotatable bonds is 12. The van der Waals surface area contributed by atoms with Crippen LogP contribution in [-0.2, 0) is 29.6 Å². The van der Waals surface area contributed by atoms with Gasteiger partial charge in [0.25, 0.3) is 20.0 Å². The first kappa shape index (κ1) is 40.7. The Balaban J connectivity index is 0.000000233. The molecule has 2 amide bonds. The Kier molecular flexibility index (Phi) is 11.1. The van der Waals surface area contributed by atoms with Crippen molar-refractivity contribution in [2.75, 3.05) is 20.1 Å². The van der Waals surface area contributed by atoms with E-state index in [1.54, 1.807) is 122 Å². The zero-order valence-corrected chi connectivity index (χ0v) is 35.5. The Morgan fingerprint density at radius 3 is 1.34 bits per heavy atom. The fourth-order valence-electron chi connectivity index (χ4n) is 6.80. The van der Waals surface area contributed by atoms with E-state index < -0.39 is 20.0 Å². The smallest absolute Gasteiger partial charge is 0.263 e. The average Bonchev–Trinajstić information content (AvgIpc) is 4.18. The maximum atomic E-state index is 12.6. The molecule has 6 heterocycles. The molecule has 0 aliphatic heterocycles. The van der Waals surface area contributed by atoms with Gasteiger partial charge >= 0.3 is 0 Å². The van der Waals surface area contributed by atoms with Crippen molar-refractivity contribution < 1.29 is 32.1 Å². The van der Waals surface area contributed by atoms with Gasteiger partial charge in [-0.25, -0.2) is 36.8 Å². The summed E-state index contributed by atoms with van der Waals surface area (Å²) in [4.78, 5) is 50.4. The van der Waals surface area contributed by atoms with Crippen molar-refractivity contribution in [2.24, 2.45) is 11.8 Å². The highest BCUT2D eigenvalue weighted by molar-refractivity contribution is 7.93. The van der Waals surface area contributed by atoms with Crippen LogP contribution in [0.25, 0.3) is 20.4 Å². The standard InChI is InChI=1S/2C21H17N5O3S2.4H2/c2*27-20(25-21-24-17-8-10-22-12-18(17)30-21)16-11-15(16)13-4-6-14(7-5-13)31(28,29)26-19-3-1-2-9-23-19;;;;/h2*1-10,12,15-16H,11H2,(H,23,26)(H,24,25,27);4*1H. The molecular formula is C42H42N10O6S4. The predicted octanol–water partition coefficient (Wildman–Crippen LogP) is 8.24. The minimum atomic E-state index is -3.72. The van der Waals surface area contributed by atoms with Crippen LogP contribution in [0, 0.1) is 11.8 Å². The van der Waals surface area contributed by atoms with Crippen molar-refractivity contribution in [2.45, 2.75) is 34.5 Å². The highest BCUT2D eigenvalue weighted by Crippen LogP contribution is 2.49. The van der Waals surface area contributed by atoms with Gasteiger partial charge < -0.3 is 10.6 Å². The SMILES string of the molecule is O=C(Nc1nc2ccncc2s1)C1CC1c1ccc(S(=O)(=O)Nc2ccccn2)cc1.O=C(Nc1nc2ccncc2s1)C1CC1c1ccc(S(=O)(=O)Nc2ccccn2)cc1.[HH].[HH].[HH].[HH]. The van der Waals surface area contributed by atoms with E-state index in [2.05, 4.69) is 50.0 Å². The number of sulfonamides is 2. The number of anilines is 4. The summed E-state index contributed by atoms with van der Waals surface area (Å²) in [6.45, 7) is 0. The predicted molar refractivity (Wildman–Crippen MR) is 245 cm³/mol. The molecule has 6 aromatic heterocycles. The van der Waals surface area contributed by atoms with Gasteiger partial charge in [-0.2, -0.15) is 0 Å². The Labute approximate surface area is 369 Å².